The Hall–Kier alpha value is -1.63. The molecule has 7 nitrogen and oxygen atoms in total. The molecular weight excluding hydrogens is 206 g/mol. The second kappa shape index (κ2) is 4.74. The molecule has 7 heteroatoms. The van der Waals surface area contributed by atoms with Gasteiger partial charge in [0.05, 0.1) is 12.0 Å². The van der Waals surface area contributed by atoms with Gasteiger partial charge in [0.1, 0.15) is 0 Å². The summed E-state index contributed by atoms with van der Waals surface area (Å²) in [6.45, 7) is 2.22. The number of carbonyl (C=O) groups is 3. The van der Waals surface area contributed by atoms with E-state index >= 15 is 0 Å². The zero-order valence-corrected chi connectivity index (χ0v) is 8.35. The molecule has 4 N–H and O–H groups in total. The Morgan fingerprint density at radius 2 is 1.60 bits per heavy atom. The molecule has 0 fully saturated rings. The SMILES string of the molecule is CC(C)(CO)C(=O)NC(C(=O)O)C(=O)O. The van der Waals surface area contributed by atoms with Crippen molar-refractivity contribution in [3.8, 4) is 0 Å². The zero-order valence-electron chi connectivity index (χ0n) is 8.35. The Labute approximate surface area is 85.7 Å². The molecule has 0 aliphatic heterocycles. The molecular formula is C8H13NO6. The molecule has 0 bridgehead atoms. The van der Waals surface area contributed by atoms with Gasteiger partial charge in [-0.1, -0.05) is 0 Å². The fraction of sp³-hybridized carbons (Fsp3) is 0.625. The number of nitrogens with one attached hydrogen (secondary N) is 1. The third kappa shape index (κ3) is 3.55. The lowest BCUT2D eigenvalue weighted by molar-refractivity contribution is -0.154. The zero-order chi connectivity index (χ0) is 12.2. The van der Waals surface area contributed by atoms with Crippen LogP contribution in [0, 0.1) is 5.41 Å². The van der Waals surface area contributed by atoms with E-state index in [4.69, 9.17) is 15.3 Å². The largest absolute Gasteiger partial charge is 0.479 e. The number of aliphatic hydroxyl groups excluding tert-OH is 1. The Bertz CT molecular complexity index is 271. The summed E-state index contributed by atoms with van der Waals surface area (Å²) in [5, 5.41) is 27.6. The minimum atomic E-state index is -2.00. The molecule has 0 heterocycles. The highest BCUT2D eigenvalue weighted by atomic mass is 16.4. The molecule has 0 unspecified atom stereocenters. The van der Waals surface area contributed by atoms with E-state index in [0.29, 0.717) is 0 Å². The van der Waals surface area contributed by atoms with Gasteiger partial charge in [0.25, 0.3) is 0 Å². The Kier molecular flexibility index (Phi) is 4.22. The van der Waals surface area contributed by atoms with Gasteiger partial charge >= 0.3 is 11.9 Å². The van der Waals surface area contributed by atoms with Gasteiger partial charge in [-0.3, -0.25) is 4.79 Å². The first-order valence-electron chi connectivity index (χ1n) is 4.10. The van der Waals surface area contributed by atoms with Crippen LogP contribution in [0.4, 0.5) is 0 Å². The van der Waals surface area contributed by atoms with Gasteiger partial charge in [-0.2, -0.15) is 0 Å². The summed E-state index contributed by atoms with van der Waals surface area (Å²) in [6.07, 6.45) is 0. The molecule has 0 spiro atoms. The van der Waals surface area contributed by atoms with E-state index in [2.05, 4.69) is 0 Å². The summed E-state index contributed by atoms with van der Waals surface area (Å²) in [5.41, 5.74) is -1.22. The number of carbonyl (C=O) groups excluding carboxylic acids is 1. The van der Waals surface area contributed by atoms with Crippen LogP contribution in [0.15, 0.2) is 0 Å². The van der Waals surface area contributed by atoms with Crippen LogP contribution in [-0.2, 0) is 14.4 Å². The van der Waals surface area contributed by atoms with Crippen molar-refractivity contribution in [1.29, 1.82) is 0 Å². The maximum atomic E-state index is 11.3. The maximum absolute atomic E-state index is 11.3. The van der Waals surface area contributed by atoms with E-state index in [1.807, 2.05) is 5.32 Å². The van der Waals surface area contributed by atoms with Crippen LogP contribution in [0.2, 0.25) is 0 Å². The van der Waals surface area contributed by atoms with Crippen LogP contribution in [0.25, 0.3) is 0 Å². The summed E-state index contributed by atoms with van der Waals surface area (Å²) in [6, 6.07) is -2.00. The van der Waals surface area contributed by atoms with Crippen LogP contribution in [0.1, 0.15) is 13.8 Å². The highest BCUT2D eigenvalue weighted by molar-refractivity contribution is 6.01. The fourth-order valence-electron chi connectivity index (χ4n) is 0.627. The van der Waals surface area contributed by atoms with Crippen molar-refractivity contribution in [3.63, 3.8) is 0 Å². The van der Waals surface area contributed by atoms with E-state index < -0.39 is 35.9 Å². The van der Waals surface area contributed by atoms with Crippen molar-refractivity contribution >= 4 is 17.8 Å². The van der Waals surface area contributed by atoms with Crippen molar-refractivity contribution in [1.82, 2.24) is 5.32 Å². The summed E-state index contributed by atoms with van der Waals surface area (Å²) in [4.78, 5) is 32.2. The van der Waals surface area contributed by atoms with Crippen molar-refractivity contribution < 1.29 is 29.7 Å². The summed E-state index contributed by atoms with van der Waals surface area (Å²) >= 11 is 0. The Morgan fingerprint density at radius 3 is 1.87 bits per heavy atom. The molecule has 0 aliphatic carbocycles. The van der Waals surface area contributed by atoms with Crippen LogP contribution >= 0.6 is 0 Å². The Morgan fingerprint density at radius 1 is 1.20 bits per heavy atom. The third-order valence-corrected chi connectivity index (χ3v) is 1.78. The van der Waals surface area contributed by atoms with Crippen molar-refractivity contribution in [2.45, 2.75) is 19.9 Å². The molecule has 0 radical (unpaired) electrons. The molecule has 0 saturated heterocycles. The smallest absolute Gasteiger partial charge is 0.338 e. The summed E-state index contributed by atoms with van der Waals surface area (Å²) in [5.74, 6) is -4.16. The van der Waals surface area contributed by atoms with Gasteiger partial charge in [0.2, 0.25) is 11.9 Å². The number of carboxylic acids is 2. The van der Waals surface area contributed by atoms with Gasteiger partial charge in [0.15, 0.2) is 0 Å². The number of amides is 1. The molecule has 0 aromatic rings. The second-order valence-electron chi connectivity index (χ2n) is 3.62. The van der Waals surface area contributed by atoms with Crippen LogP contribution in [0.5, 0.6) is 0 Å². The molecule has 1 amide bonds. The highest BCUT2D eigenvalue weighted by Crippen LogP contribution is 2.13. The molecule has 0 saturated carbocycles. The first-order valence-corrected chi connectivity index (χ1v) is 4.10. The first-order chi connectivity index (χ1) is 6.72. The van der Waals surface area contributed by atoms with E-state index in [-0.39, 0.29) is 0 Å². The van der Waals surface area contributed by atoms with Crippen molar-refractivity contribution in [2.24, 2.45) is 5.41 Å². The average molecular weight is 219 g/mol. The van der Waals surface area contributed by atoms with Crippen LogP contribution in [0.3, 0.4) is 0 Å². The normalized spacial score (nSPS) is 11.2. The maximum Gasteiger partial charge on any atom is 0.338 e. The van der Waals surface area contributed by atoms with E-state index in [1.54, 1.807) is 0 Å². The van der Waals surface area contributed by atoms with Gasteiger partial charge in [-0.15, -0.1) is 0 Å². The van der Waals surface area contributed by atoms with Crippen LogP contribution < -0.4 is 5.32 Å². The second-order valence-corrected chi connectivity index (χ2v) is 3.62. The number of aliphatic carboxylic acids is 2. The van der Waals surface area contributed by atoms with E-state index in [1.165, 1.54) is 13.8 Å². The lowest BCUT2D eigenvalue weighted by Gasteiger charge is -2.22. The standard InChI is InChI=1S/C8H13NO6/c1-8(2,3-10)7(15)9-4(5(11)12)6(13)14/h4,10H,3H2,1-2H3,(H,9,15)(H,11,12)(H,13,14). The van der Waals surface area contributed by atoms with Crippen LogP contribution in [-0.4, -0.2) is 45.8 Å². The lowest BCUT2D eigenvalue weighted by Crippen LogP contribution is -2.51. The first kappa shape index (κ1) is 13.4. The summed E-state index contributed by atoms with van der Waals surface area (Å²) in [7, 11) is 0. The molecule has 0 rings (SSSR count). The average Bonchev–Trinajstić information content (AvgIpc) is 2.12. The molecule has 86 valence electrons. The number of hydrogen-bond donors (Lipinski definition) is 4. The van der Waals surface area contributed by atoms with Gasteiger partial charge in [-0.25, -0.2) is 9.59 Å². The fourth-order valence-corrected chi connectivity index (χ4v) is 0.627. The minimum Gasteiger partial charge on any atom is -0.479 e. The van der Waals surface area contributed by atoms with Gasteiger partial charge < -0.3 is 20.6 Å². The topological polar surface area (TPSA) is 124 Å². The monoisotopic (exact) mass is 219 g/mol. The molecule has 15 heavy (non-hydrogen) atoms. The highest BCUT2D eigenvalue weighted by Gasteiger charge is 2.34. The predicted octanol–water partition coefficient (Wildman–Crippen LogP) is -1.34. The number of rotatable bonds is 5. The lowest BCUT2D eigenvalue weighted by atomic mass is 9.93. The Balaban J connectivity index is 4.64. The molecule has 0 atom stereocenters. The number of aliphatic hydroxyl groups is 1. The van der Waals surface area contributed by atoms with E-state index in [0.717, 1.165) is 0 Å². The minimum absolute atomic E-state index is 0.509. The summed E-state index contributed by atoms with van der Waals surface area (Å²) < 4.78 is 0. The van der Waals surface area contributed by atoms with Gasteiger partial charge in [-0.05, 0) is 13.8 Å². The molecule has 0 aliphatic rings. The van der Waals surface area contributed by atoms with Crippen molar-refractivity contribution in [2.75, 3.05) is 6.61 Å². The predicted molar refractivity (Wildman–Crippen MR) is 48.1 cm³/mol. The van der Waals surface area contributed by atoms with E-state index in [9.17, 15) is 14.4 Å². The number of hydrogen-bond acceptors (Lipinski definition) is 4. The molecule has 0 aromatic carbocycles. The quantitative estimate of drug-likeness (QED) is 0.424. The number of carboxylic acid groups (broad SMARTS) is 2. The van der Waals surface area contributed by atoms with Crippen molar-refractivity contribution in [3.05, 3.63) is 0 Å². The van der Waals surface area contributed by atoms with Gasteiger partial charge in [0, 0.05) is 0 Å². The third-order valence-electron chi connectivity index (χ3n) is 1.78. The molecule has 0 aromatic heterocycles.